The van der Waals surface area contributed by atoms with E-state index in [1.54, 1.807) is 0 Å². The number of fused-ring (bicyclic) bond motifs is 2. The van der Waals surface area contributed by atoms with Gasteiger partial charge in [0.2, 0.25) is 0 Å². The number of rotatable bonds is 5. The zero-order valence-electron chi connectivity index (χ0n) is 17.3. The molecule has 0 bridgehead atoms. The van der Waals surface area contributed by atoms with E-state index in [-0.39, 0.29) is 35.4 Å². The molecule has 2 heterocycles. The van der Waals surface area contributed by atoms with Gasteiger partial charge in [0, 0.05) is 37.5 Å². The number of β-amino-alcohol motifs (C(OH)–C–C–N with tert-alkyl or cyclic N) is 2. The maximum absolute atomic E-state index is 14.9. The van der Waals surface area contributed by atoms with Crippen molar-refractivity contribution in [3.8, 4) is 5.75 Å². The summed E-state index contributed by atoms with van der Waals surface area (Å²) in [7, 11) is 0. The SMILES string of the molecule is O=C1Nc2c(F)cc([C@@H](O)CN3C[C@H]4C[C@H](Oc5ccccc5)C[C@@]4(O)C3)c(F)c2CO1. The van der Waals surface area contributed by atoms with Gasteiger partial charge in [-0.3, -0.25) is 10.2 Å². The highest BCUT2D eigenvalue weighted by molar-refractivity contribution is 5.87. The molecular weight excluding hydrogens is 422 g/mol. The number of hydrogen-bond donors (Lipinski definition) is 3. The summed E-state index contributed by atoms with van der Waals surface area (Å²) in [5, 5.41) is 23.9. The molecule has 3 N–H and O–H groups in total. The minimum absolute atomic E-state index is 0.0304. The van der Waals surface area contributed by atoms with Gasteiger partial charge in [0.25, 0.3) is 0 Å². The third-order valence-electron chi connectivity index (χ3n) is 6.62. The first-order valence-electron chi connectivity index (χ1n) is 10.6. The lowest BCUT2D eigenvalue weighted by atomic mass is 9.95. The van der Waals surface area contributed by atoms with Crippen LogP contribution in [0.15, 0.2) is 36.4 Å². The lowest BCUT2D eigenvalue weighted by Crippen LogP contribution is -2.36. The maximum Gasteiger partial charge on any atom is 0.412 e. The predicted octanol–water partition coefficient (Wildman–Crippen LogP) is 2.96. The number of ether oxygens (including phenoxy) is 2. The van der Waals surface area contributed by atoms with Gasteiger partial charge in [-0.25, -0.2) is 13.6 Å². The molecule has 3 aliphatic rings. The van der Waals surface area contributed by atoms with Gasteiger partial charge < -0.3 is 19.7 Å². The highest BCUT2D eigenvalue weighted by atomic mass is 19.1. The maximum atomic E-state index is 14.9. The molecule has 2 fully saturated rings. The topological polar surface area (TPSA) is 91.3 Å². The Morgan fingerprint density at radius 3 is 2.84 bits per heavy atom. The molecule has 1 aliphatic carbocycles. The summed E-state index contributed by atoms with van der Waals surface area (Å²) in [5.41, 5.74) is -1.53. The van der Waals surface area contributed by atoms with E-state index in [2.05, 4.69) is 5.32 Å². The molecule has 0 aromatic heterocycles. The number of amides is 1. The van der Waals surface area contributed by atoms with Crippen LogP contribution in [-0.4, -0.2) is 52.5 Å². The highest BCUT2D eigenvalue weighted by Crippen LogP contribution is 2.43. The molecule has 170 valence electrons. The van der Waals surface area contributed by atoms with Gasteiger partial charge in [-0.05, 0) is 24.6 Å². The summed E-state index contributed by atoms with van der Waals surface area (Å²) < 4.78 is 40.0. The number of aliphatic hydroxyl groups excluding tert-OH is 1. The Kier molecular flexibility index (Phi) is 5.27. The fourth-order valence-corrected chi connectivity index (χ4v) is 5.13. The normalized spacial score (nSPS) is 27.9. The van der Waals surface area contributed by atoms with E-state index >= 15 is 0 Å². The first-order chi connectivity index (χ1) is 15.3. The van der Waals surface area contributed by atoms with Gasteiger partial charge in [-0.1, -0.05) is 18.2 Å². The summed E-state index contributed by atoms with van der Waals surface area (Å²) in [6, 6.07) is 10.4. The molecule has 0 unspecified atom stereocenters. The molecule has 0 spiro atoms. The van der Waals surface area contributed by atoms with Crippen molar-refractivity contribution >= 4 is 11.8 Å². The molecule has 2 aliphatic heterocycles. The summed E-state index contributed by atoms with van der Waals surface area (Å²) in [5.74, 6) is -0.899. The number of aliphatic hydroxyl groups is 2. The molecule has 7 nitrogen and oxygen atoms in total. The van der Waals surface area contributed by atoms with Crippen LogP contribution in [0.2, 0.25) is 0 Å². The summed E-state index contributed by atoms with van der Waals surface area (Å²) >= 11 is 0. The zero-order chi connectivity index (χ0) is 22.5. The van der Waals surface area contributed by atoms with Gasteiger partial charge in [0.05, 0.1) is 23.0 Å². The minimum atomic E-state index is -1.30. The van der Waals surface area contributed by atoms with Gasteiger partial charge in [-0.15, -0.1) is 0 Å². The second kappa shape index (κ2) is 7.99. The van der Waals surface area contributed by atoms with Crippen molar-refractivity contribution in [1.29, 1.82) is 0 Å². The smallest absolute Gasteiger partial charge is 0.412 e. The zero-order valence-corrected chi connectivity index (χ0v) is 17.3. The average molecular weight is 446 g/mol. The number of hydrogen-bond acceptors (Lipinski definition) is 6. The molecule has 9 heteroatoms. The summed E-state index contributed by atoms with van der Waals surface area (Å²) in [6.45, 7) is 0.484. The Morgan fingerprint density at radius 1 is 1.31 bits per heavy atom. The standard InChI is InChI=1S/C23H24F2N2O5/c24-18-7-16(20(25)17-11-31-22(29)26-21(17)18)19(28)10-27-9-13-6-15(8-23(13,30)12-27)32-14-4-2-1-3-5-14/h1-5,7,13,15,19,28,30H,6,8-12H2,(H,26,29)/t13-,15+,19+,23-/m1/s1. The average Bonchev–Trinajstić information content (AvgIpc) is 3.21. The minimum Gasteiger partial charge on any atom is -0.490 e. The van der Waals surface area contributed by atoms with E-state index in [9.17, 15) is 23.8 Å². The lowest BCUT2D eigenvalue weighted by molar-refractivity contribution is 0.0177. The largest absolute Gasteiger partial charge is 0.490 e. The number of nitrogens with zero attached hydrogens (tertiary/aromatic N) is 1. The quantitative estimate of drug-likeness (QED) is 0.654. The molecule has 2 aromatic rings. The van der Waals surface area contributed by atoms with E-state index in [1.165, 1.54) is 0 Å². The second-order valence-corrected chi connectivity index (χ2v) is 8.82. The molecule has 1 saturated heterocycles. The number of halogens is 2. The Balaban J connectivity index is 1.24. The molecule has 2 aromatic carbocycles. The second-order valence-electron chi connectivity index (χ2n) is 8.82. The van der Waals surface area contributed by atoms with Crippen LogP contribution in [0.3, 0.4) is 0 Å². The Labute approximate surface area is 183 Å². The fourth-order valence-electron chi connectivity index (χ4n) is 5.13. The van der Waals surface area contributed by atoms with Crippen LogP contribution in [0, 0.1) is 17.6 Å². The van der Waals surface area contributed by atoms with Crippen LogP contribution in [-0.2, 0) is 11.3 Å². The monoisotopic (exact) mass is 446 g/mol. The third-order valence-corrected chi connectivity index (χ3v) is 6.62. The van der Waals surface area contributed by atoms with Crippen LogP contribution >= 0.6 is 0 Å². The number of likely N-dealkylation sites (tertiary alicyclic amines) is 1. The molecule has 1 saturated carbocycles. The molecule has 1 amide bonds. The van der Waals surface area contributed by atoms with Gasteiger partial charge in [0.15, 0.2) is 0 Å². The van der Waals surface area contributed by atoms with Crippen LogP contribution < -0.4 is 10.1 Å². The van der Waals surface area contributed by atoms with Crippen LogP contribution in [0.25, 0.3) is 0 Å². The van der Waals surface area contributed by atoms with Gasteiger partial charge >= 0.3 is 6.09 Å². The molecule has 0 radical (unpaired) electrons. The first kappa shape index (κ1) is 21.1. The lowest BCUT2D eigenvalue weighted by Gasteiger charge is -2.26. The fraction of sp³-hybridized carbons (Fsp3) is 0.435. The van der Waals surface area contributed by atoms with Crippen LogP contribution in [0.5, 0.6) is 5.75 Å². The molecule has 32 heavy (non-hydrogen) atoms. The van der Waals surface area contributed by atoms with Crippen LogP contribution in [0.4, 0.5) is 19.3 Å². The van der Waals surface area contributed by atoms with E-state index < -0.39 is 36.0 Å². The Hall–Kier alpha value is -2.75. The van der Waals surface area contributed by atoms with Gasteiger partial charge in [-0.2, -0.15) is 0 Å². The van der Waals surface area contributed by atoms with E-state index in [4.69, 9.17) is 9.47 Å². The van der Waals surface area contributed by atoms with Crippen molar-refractivity contribution in [2.45, 2.75) is 37.3 Å². The molecule has 4 atom stereocenters. The highest BCUT2D eigenvalue weighted by Gasteiger charge is 2.53. The number of para-hydroxylation sites is 1. The molecule has 5 rings (SSSR count). The number of nitrogens with one attached hydrogen (secondary N) is 1. The van der Waals surface area contributed by atoms with Crippen molar-refractivity contribution in [3.05, 3.63) is 59.2 Å². The van der Waals surface area contributed by atoms with Crippen molar-refractivity contribution in [3.63, 3.8) is 0 Å². The van der Waals surface area contributed by atoms with Crippen molar-refractivity contribution in [1.82, 2.24) is 4.90 Å². The number of cyclic esters (lactones) is 1. The van der Waals surface area contributed by atoms with E-state index in [1.807, 2.05) is 35.2 Å². The summed E-state index contributed by atoms with van der Waals surface area (Å²) in [4.78, 5) is 13.1. The number of carbonyl (C=O) groups is 1. The van der Waals surface area contributed by atoms with Gasteiger partial charge in [0.1, 0.15) is 30.1 Å². The first-order valence-corrected chi connectivity index (χ1v) is 10.6. The number of anilines is 1. The van der Waals surface area contributed by atoms with E-state index in [0.29, 0.717) is 25.9 Å². The Bertz CT molecular complexity index is 1040. The number of benzene rings is 2. The van der Waals surface area contributed by atoms with Crippen molar-refractivity contribution in [2.24, 2.45) is 5.92 Å². The van der Waals surface area contributed by atoms with Crippen molar-refractivity contribution in [2.75, 3.05) is 25.0 Å². The van der Waals surface area contributed by atoms with Crippen LogP contribution in [0.1, 0.15) is 30.1 Å². The predicted molar refractivity (Wildman–Crippen MR) is 110 cm³/mol. The molecular formula is C23H24F2N2O5. The number of carbonyl (C=O) groups excluding carboxylic acids is 1. The third kappa shape index (κ3) is 3.80. The summed E-state index contributed by atoms with van der Waals surface area (Å²) in [6.07, 6.45) is -1.10. The Morgan fingerprint density at radius 2 is 2.09 bits per heavy atom. The van der Waals surface area contributed by atoms with E-state index in [0.717, 1.165) is 11.8 Å². The van der Waals surface area contributed by atoms with Crippen molar-refractivity contribution < 1.29 is 33.3 Å².